The fraction of sp³-hybridized carbons (Fsp3) is 0.417. The van der Waals surface area contributed by atoms with Crippen LogP contribution in [-0.4, -0.2) is 57.6 Å². The van der Waals surface area contributed by atoms with Crippen molar-refractivity contribution in [3.05, 3.63) is 53.4 Å². The summed E-state index contributed by atoms with van der Waals surface area (Å²) in [5, 5.41) is 5.56. The van der Waals surface area contributed by atoms with Gasteiger partial charge < -0.3 is 20.3 Å². The van der Waals surface area contributed by atoms with Crippen LogP contribution in [-0.2, 0) is 6.18 Å². The molecule has 1 aliphatic rings. The minimum absolute atomic E-state index is 0.0351. The molecule has 8 nitrogen and oxygen atoms in total. The summed E-state index contributed by atoms with van der Waals surface area (Å²) in [7, 11) is 0. The smallest absolute Gasteiger partial charge is 0.434 e. The van der Waals surface area contributed by atoms with Gasteiger partial charge in [0.05, 0.1) is 36.7 Å². The molecule has 4 rings (SSSR count). The zero-order chi connectivity index (χ0) is 29.1. The van der Waals surface area contributed by atoms with E-state index in [1.54, 1.807) is 11.8 Å². The highest BCUT2D eigenvalue weighted by Gasteiger charge is 2.33. The second-order valence-electron chi connectivity index (χ2n) is 9.11. The first-order chi connectivity index (χ1) is 18.8. The van der Waals surface area contributed by atoms with Crippen molar-refractivity contribution in [3.8, 4) is 5.75 Å². The second kappa shape index (κ2) is 11.9. The quantitative estimate of drug-likeness (QED) is 0.293. The standard InChI is InChI=1S/C24H23F7N6O2S/c1-13-20(22(40-36-13)35-19-10-32-18(9-33-19)24(29,30)31)21(38)34-15-2-3-16(25)17(8-15)39-12-14-4-6-37(11-14)7-5-23(26,27)28/h2-3,8-10,14H,4-7,11-12H2,1H3,(H,33,35)(H,34,38)/t14-/m0/s1. The van der Waals surface area contributed by atoms with Crippen LogP contribution >= 0.6 is 11.5 Å². The first kappa shape index (κ1) is 29.5. The Morgan fingerprint density at radius 2 is 1.95 bits per heavy atom. The topological polar surface area (TPSA) is 92.3 Å². The molecule has 1 fully saturated rings. The van der Waals surface area contributed by atoms with Gasteiger partial charge in [-0.25, -0.2) is 14.4 Å². The Kier molecular flexibility index (Phi) is 8.77. The predicted octanol–water partition coefficient (Wildman–Crippen LogP) is 6.05. The van der Waals surface area contributed by atoms with E-state index in [4.69, 9.17) is 4.74 Å². The Hall–Kier alpha value is -3.53. The zero-order valence-corrected chi connectivity index (χ0v) is 21.7. The third-order valence-corrected chi connectivity index (χ3v) is 6.87. The number of aryl methyl sites for hydroxylation is 1. The van der Waals surface area contributed by atoms with Gasteiger partial charge in [-0.3, -0.25) is 4.79 Å². The third kappa shape index (κ3) is 7.78. The van der Waals surface area contributed by atoms with E-state index in [9.17, 15) is 35.5 Å². The molecule has 40 heavy (non-hydrogen) atoms. The van der Waals surface area contributed by atoms with Gasteiger partial charge in [0.2, 0.25) is 0 Å². The molecule has 3 aromatic rings. The molecule has 1 aromatic carbocycles. The van der Waals surface area contributed by atoms with Crippen molar-refractivity contribution in [3.63, 3.8) is 0 Å². The Morgan fingerprint density at radius 3 is 2.62 bits per heavy atom. The summed E-state index contributed by atoms with van der Waals surface area (Å²) in [4.78, 5) is 21.7. The molecule has 1 amide bonds. The lowest BCUT2D eigenvalue weighted by Crippen LogP contribution is -2.27. The van der Waals surface area contributed by atoms with Crippen LogP contribution in [0, 0.1) is 18.7 Å². The van der Waals surface area contributed by atoms with Crippen LogP contribution < -0.4 is 15.4 Å². The van der Waals surface area contributed by atoms with Gasteiger partial charge in [0, 0.05) is 30.8 Å². The Bertz CT molecular complexity index is 1330. The first-order valence-corrected chi connectivity index (χ1v) is 12.7. The van der Waals surface area contributed by atoms with Crippen molar-refractivity contribution in [2.45, 2.75) is 32.1 Å². The number of ether oxygens (including phenoxy) is 1. The largest absolute Gasteiger partial charge is 0.490 e. The van der Waals surface area contributed by atoms with Crippen molar-refractivity contribution in [1.82, 2.24) is 19.2 Å². The molecule has 1 saturated heterocycles. The number of amides is 1. The van der Waals surface area contributed by atoms with Crippen LogP contribution in [0.15, 0.2) is 30.6 Å². The molecule has 0 radical (unpaired) electrons. The number of alkyl halides is 6. The van der Waals surface area contributed by atoms with Gasteiger partial charge in [0.15, 0.2) is 17.3 Å². The maximum Gasteiger partial charge on any atom is 0.434 e. The molecule has 2 N–H and O–H groups in total. The SMILES string of the molecule is Cc1nsc(Nc2cnc(C(F)(F)F)cn2)c1C(=O)Nc1ccc(F)c(OC[C@H]2CCN(CCC(F)(F)F)C2)c1. The van der Waals surface area contributed by atoms with Crippen LogP contribution in [0.3, 0.4) is 0 Å². The molecular weight excluding hydrogens is 569 g/mol. The first-order valence-electron chi connectivity index (χ1n) is 11.9. The number of likely N-dealkylation sites (tertiary alicyclic amines) is 1. The molecule has 0 aliphatic carbocycles. The summed E-state index contributed by atoms with van der Waals surface area (Å²) < 4.78 is 99.7. The van der Waals surface area contributed by atoms with Gasteiger partial charge in [-0.1, -0.05) is 0 Å². The fourth-order valence-corrected chi connectivity index (χ4v) is 4.81. The lowest BCUT2D eigenvalue weighted by Gasteiger charge is -2.17. The van der Waals surface area contributed by atoms with Crippen LogP contribution in [0.4, 0.5) is 47.2 Å². The molecule has 1 atom stereocenters. The minimum atomic E-state index is -4.65. The number of rotatable bonds is 9. The Balaban J connectivity index is 1.37. The highest BCUT2D eigenvalue weighted by Crippen LogP contribution is 2.31. The maximum absolute atomic E-state index is 14.4. The number of nitrogens with zero attached hydrogens (tertiary/aromatic N) is 4. The van der Waals surface area contributed by atoms with E-state index < -0.39 is 36.2 Å². The van der Waals surface area contributed by atoms with Crippen molar-refractivity contribution in [1.29, 1.82) is 0 Å². The number of carbonyl (C=O) groups excluding carboxylic acids is 1. The average Bonchev–Trinajstić information content (AvgIpc) is 3.48. The minimum Gasteiger partial charge on any atom is -0.490 e. The highest BCUT2D eigenvalue weighted by atomic mass is 32.1. The molecule has 0 spiro atoms. The van der Waals surface area contributed by atoms with Crippen molar-refractivity contribution < 1.29 is 40.3 Å². The monoisotopic (exact) mass is 592 g/mol. The molecule has 1 aliphatic heterocycles. The molecule has 216 valence electrons. The normalized spacial score (nSPS) is 16.2. The number of carbonyl (C=O) groups is 1. The maximum atomic E-state index is 14.4. The van der Waals surface area contributed by atoms with Gasteiger partial charge >= 0.3 is 12.4 Å². The van der Waals surface area contributed by atoms with Gasteiger partial charge in [-0.2, -0.15) is 30.7 Å². The van der Waals surface area contributed by atoms with Crippen molar-refractivity contribution >= 4 is 33.9 Å². The summed E-state index contributed by atoms with van der Waals surface area (Å²) in [6.45, 7) is 2.44. The summed E-state index contributed by atoms with van der Waals surface area (Å²) >= 11 is 0.889. The van der Waals surface area contributed by atoms with Gasteiger partial charge in [0.25, 0.3) is 5.91 Å². The van der Waals surface area contributed by atoms with E-state index in [1.807, 2.05) is 0 Å². The summed E-state index contributed by atoms with van der Waals surface area (Å²) in [6.07, 6.45) is -7.73. The van der Waals surface area contributed by atoms with Crippen molar-refractivity contribution in [2.75, 3.05) is 36.9 Å². The van der Waals surface area contributed by atoms with Gasteiger partial charge in [0.1, 0.15) is 10.8 Å². The number of halogens is 7. The lowest BCUT2D eigenvalue weighted by atomic mass is 10.1. The molecule has 16 heteroatoms. The summed E-state index contributed by atoms with van der Waals surface area (Å²) in [5.74, 6) is -1.55. The van der Waals surface area contributed by atoms with Crippen LogP contribution in [0.5, 0.6) is 5.75 Å². The van der Waals surface area contributed by atoms with E-state index in [2.05, 4.69) is 25.0 Å². The third-order valence-electron chi connectivity index (χ3n) is 6.02. The van der Waals surface area contributed by atoms with Crippen LogP contribution in [0.1, 0.15) is 34.6 Å². The zero-order valence-electron chi connectivity index (χ0n) is 20.9. The number of benzene rings is 1. The predicted molar refractivity (Wildman–Crippen MR) is 132 cm³/mol. The Labute approximate surface area is 227 Å². The van der Waals surface area contributed by atoms with Gasteiger partial charge in [-0.15, -0.1) is 0 Å². The molecule has 0 saturated carbocycles. The summed E-state index contributed by atoms with van der Waals surface area (Å²) in [6, 6.07) is 3.70. The van der Waals surface area contributed by atoms with E-state index in [-0.39, 0.29) is 46.9 Å². The number of aromatic nitrogens is 3. The number of hydrogen-bond acceptors (Lipinski definition) is 8. The van der Waals surface area contributed by atoms with E-state index in [0.717, 1.165) is 23.8 Å². The fourth-order valence-electron chi connectivity index (χ4n) is 4.01. The van der Waals surface area contributed by atoms with Gasteiger partial charge in [-0.05, 0) is 43.6 Å². The lowest BCUT2D eigenvalue weighted by molar-refractivity contribution is -0.141. The molecule has 0 unspecified atom stereocenters. The molecular formula is C24H23F7N6O2S. The molecule has 0 bridgehead atoms. The van der Waals surface area contributed by atoms with E-state index in [1.165, 1.54) is 12.1 Å². The number of hydrogen-bond donors (Lipinski definition) is 2. The molecule has 2 aromatic heterocycles. The number of nitrogens with one attached hydrogen (secondary N) is 2. The molecule has 3 heterocycles. The highest BCUT2D eigenvalue weighted by molar-refractivity contribution is 7.10. The van der Waals surface area contributed by atoms with Crippen molar-refractivity contribution in [2.24, 2.45) is 5.92 Å². The summed E-state index contributed by atoms with van der Waals surface area (Å²) in [5.41, 5.74) is -0.536. The van der Waals surface area contributed by atoms with E-state index in [0.29, 0.717) is 31.4 Å². The van der Waals surface area contributed by atoms with Crippen LogP contribution in [0.25, 0.3) is 0 Å². The Morgan fingerprint density at radius 1 is 1.18 bits per heavy atom. The number of anilines is 3. The van der Waals surface area contributed by atoms with Crippen LogP contribution in [0.2, 0.25) is 0 Å². The average molecular weight is 593 g/mol. The van der Waals surface area contributed by atoms with E-state index >= 15 is 0 Å². The second-order valence-corrected chi connectivity index (χ2v) is 9.89.